The van der Waals surface area contributed by atoms with Crippen LogP contribution in [0.25, 0.3) is 0 Å². The van der Waals surface area contributed by atoms with Gasteiger partial charge in [-0.15, -0.1) is 0 Å². The molecule has 0 aromatic heterocycles. The molecule has 0 spiro atoms. The van der Waals surface area contributed by atoms with Gasteiger partial charge >= 0.3 is 0 Å². The Morgan fingerprint density at radius 3 is 2.69 bits per heavy atom. The lowest BCUT2D eigenvalue weighted by Crippen LogP contribution is -2.25. The first kappa shape index (κ1) is 9.85. The zero-order valence-corrected chi connectivity index (χ0v) is 9.62. The third-order valence-electron chi connectivity index (χ3n) is 3.57. The van der Waals surface area contributed by atoms with Crippen LogP contribution >= 0.6 is 11.8 Å². The van der Waals surface area contributed by atoms with Gasteiger partial charge in [-0.25, -0.2) is 0 Å². The van der Waals surface area contributed by atoms with E-state index < -0.39 is 0 Å². The van der Waals surface area contributed by atoms with E-state index in [1.165, 1.54) is 37.4 Å². The van der Waals surface area contributed by atoms with Gasteiger partial charge < -0.3 is 5.32 Å². The Labute approximate surface area is 86.0 Å². The molecule has 1 heterocycles. The predicted octanol–water partition coefficient (Wildman–Crippen LogP) is 2.38. The van der Waals surface area contributed by atoms with Crippen LogP contribution < -0.4 is 5.32 Å². The molecule has 0 bridgehead atoms. The third-order valence-corrected chi connectivity index (χ3v) is 4.80. The molecule has 13 heavy (non-hydrogen) atoms. The molecule has 0 aromatic rings. The van der Waals surface area contributed by atoms with Crippen LogP contribution in [0.5, 0.6) is 0 Å². The van der Waals surface area contributed by atoms with Crippen molar-refractivity contribution in [1.82, 2.24) is 5.32 Å². The van der Waals surface area contributed by atoms with Crippen LogP contribution in [0.15, 0.2) is 0 Å². The van der Waals surface area contributed by atoms with Crippen molar-refractivity contribution < 1.29 is 0 Å². The second-order valence-electron chi connectivity index (χ2n) is 5.28. The number of rotatable bonds is 4. The lowest BCUT2D eigenvalue weighted by molar-refractivity contribution is 0.475. The number of hydrogen-bond donors (Lipinski definition) is 1. The Bertz CT molecular complexity index is 168. The highest BCUT2D eigenvalue weighted by molar-refractivity contribution is 7.99. The summed E-state index contributed by atoms with van der Waals surface area (Å²) in [5, 5.41) is 3.63. The van der Waals surface area contributed by atoms with E-state index >= 15 is 0 Å². The van der Waals surface area contributed by atoms with Crippen LogP contribution in [0.4, 0.5) is 0 Å². The standard InChI is InChI=1S/C11H21NS/c1-11(2)5-10(11)7-12-6-9-3-4-13-8-9/h9-10,12H,3-8H2,1-2H3. The first-order chi connectivity index (χ1) is 6.18. The van der Waals surface area contributed by atoms with Crippen LogP contribution in [0.3, 0.4) is 0 Å². The first-order valence-corrected chi connectivity index (χ1v) is 6.62. The molecule has 1 saturated heterocycles. The van der Waals surface area contributed by atoms with Crippen molar-refractivity contribution in [2.24, 2.45) is 17.3 Å². The summed E-state index contributed by atoms with van der Waals surface area (Å²) < 4.78 is 0. The van der Waals surface area contributed by atoms with Gasteiger partial charge in [-0.3, -0.25) is 0 Å². The highest BCUT2D eigenvalue weighted by atomic mass is 32.2. The van der Waals surface area contributed by atoms with Crippen molar-refractivity contribution >= 4 is 11.8 Å². The van der Waals surface area contributed by atoms with Gasteiger partial charge in [-0.05, 0) is 54.7 Å². The summed E-state index contributed by atoms with van der Waals surface area (Å²) in [4.78, 5) is 0. The summed E-state index contributed by atoms with van der Waals surface area (Å²) in [5.74, 6) is 4.70. The van der Waals surface area contributed by atoms with E-state index in [-0.39, 0.29) is 0 Å². The summed E-state index contributed by atoms with van der Waals surface area (Å²) >= 11 is 2.12. The van der Waals surface area contributed by atoms with Gasteiger partial charge in [0.2, 0.25) is 0 Å². The van der Waals surface area contributed by atoms with E-state index in [1.807, 2.05) is 0 Å². The fourth-order valence-electron chi connectivity index (χ4n) is 2.13. The first-order valence-electron chi connectivity index (χ1n) is 5.47. The van der Waals surface area contributed by atoms with Gasteiger partial charge in [0, 0.05) is 0 Å². The average Bonchev–Trinajstić information content (AvgIpc) is 2.53. The summed E-state index contributed by atoms with van der Waals surface area (Å²) in [5.41, 5.74) is 0.650. The molecule has 2 unspecified atom stereocenters. The second kappa shape index (κ2) is 3.82. The Kier molecular flexibility index (Phi) is 2.89. The zero-order chi connectivity index (χ0) is 9.31. The molecular weight excluding hydrogens is 178 g/mol. The number of thioether (sulfide) groups is 1. The lowest BCUT2D eigenvalue weighted by Gasteiger charge is -2.10. The van der Waals surface area contributed by atoms with E-state index in [0.717, 1.165) is 11.8 Å². The van der Waals surface area contributed by atoms with Gasteiger partial charge in [0.25, 0.3) is 0 Å². The van der Waals surface area contributed by atoms with E-state index in [1.54, 1.807) is 0 Å². The quantitative estimate of drug-likeness (QED) is 0.746. The van der Waals surface area contributed by atoms with Crippen molar-refractivity contribution in [3.05, 3.63) is 0 Å². The van der Waals surface area contributed by atoms with E-state index in [9.17, 15) is 0 Å². The fraction of sp³-hybridized carbons (Fsp3) is 1.00. The van der Waals surface area contributed by atoms with Gasteiger partial charge in [0.1, 0.15) is 0 Å². The van der Waals surface area contributed by atoms with Gasteiger partial charge in [0.05, 0.1) is 0 Å². The van der Waals surface area contributed by atoms with Crippen molar-refractivity contribution in [3.63, 3.8) is 0 Å². The Morgan fingerprint density at radius 2 is 2.15 bits per heavy atom. The maximum Gasteiger partial charge on any atom is -0.00122 e. The predicted molar refractivity (Wildman–Crippen MR) is 60.2 cm³/mol. The van der Waals surface area contributed by atoms with Gasteiger partial charge in [0.15, 0.2) is 0 Å². The summed E-state index contributed by atoms with van der Waals surface area (Å²) in [7, 11) is 0. The average molecular weight is 199 g/mol. The fourth-order valence-corrected chi connectivity index (χ4v) is 3.42. The molecule has 1 aliphatic heterocycles. The van der Waals surface area contributed by atoms with Crippen molar-refractivity contribution in [2.45, 2.75) is 26.7 Å². The molecule has 2 aliphatic rings. The van der Waals surface area contributed by atoms with Gasteiger partial charge in [-0.1, -0.05) is 13.8 Å². The van der Waals surface area contributed by atoms with Crippen LogP contribution in [0, 0.1) is 17.3 Å². The van der Waals surface area contributed by atoms with E-state index in [4.69, 9.17) is 0 Å². The van der Waals surface area contributed by atoms with Crippen LogP contribution in [-0.2, 0) is 0 Å². The molecule has 2 fully saturated rings. The lowest BCUT2D eigenvalue weighted by atomic mass is 10.1. The summed E-state index contributed by atoms with van der Waals surface area (Å²) in [6.07, 6.45) is 2.87. The van der Waals surface area contributed by atoms with Crippen molar-refractivity contribution in [1.29, 1.82) is 0 Å². The Morgan fingerprint density at radius 1 is 1.38 bits per heavy atom. The summed E-state index contributed by atoms with van der Waals surface area (Å²) in [6, 6.07) is 0. The van der Waals surface area contributed by atoms with Crippen LogP contribution in [-0.4, -0.2) is 24.6 Å². The molecule has 76 valence electrons. The molecule has 0 aromatic carbocycles. The molecule has 1 aliphatic carbocycles. The van der Waals surface area contributed by atoms with E-state index in [2.05, 4.69) is 30.9 Å². The topological polar surface area (TPSA) is 12.0 Å². The SMILES string of the molecule is CC1(C)CC1CNCC1CCSC1. The molecule has 1 nitrogen and oxygen atoms in total. The maximum absolute atomic E-state index is 3.63. The molecule has 2 heteroatoms. The molecule has 2 atom stereocenters. The van der Waals surface area contributed by atoms with Gasteiger partial charge in [-0.2, -0.15) is 11.8 Å². The smallest absolute Gasteiger partial charge is 0.00122 e. The molecule has 0 amide bonds. The summed E-state index contributed by atoms with van der Waals surface area (Å²) in [6.45, 7) is 7.28. The molecule has 1 saturated carbocycles. The largest absolute Gasteiger partial charge is 0.316 e. The van der Waals surface area contributed by atoms with E-state index in [0.29, 0.717) is 5.41 Å². The van der Waals surface area contributed by atoms with Crippen molar-refractivity contribution in [3.8, 4) is 0 Å². The molecule has 0 radical (unpaired) electrons. The highest BCUT2D eigenvalue weighted by Gasteiger charge is 2.44. The molecule has 2 rings (SSSR count). The number of hydrogen-bond acceptors (Lipinski definition) is 2. The monoisotopic (exact) mass is 199 g/mol. The Balaban J connectivity index is 1.54. The molecular formula is C11H21NS. The van der Waals surface area contributed by atoms with Crippen LogP contribution in [0.2, 0.25) is 0 Å². The van der Waals surface area contributed by atoms with Crippen molar-refractivity contribution in [2.75, 3.05) is 24.6 Å². The van der Waals surface area contributed by atoms with Crippen LogP contribution in [0.1, 0.15) is 26.7 Å². The minimum Gasteiger partial charge on any atom is -0.316 e. The second-order valence-corrected chi connectivity index (χ2v) is 6.43. The third kappa shape index (κ3) is 2.63. The maximum atomic E-state index is 3.63. The zero-order valence-electron chi connectivity index (χ0n) is 8.81. The Hall–Kier alpha value is 0.310. The minimum atomic E-state index is 0.650. The molecule has 1 N–H and O–H groups in total. The highest BCUT2D eigenvalue weighted by Crippen LogP contribution is 2.50. The minimum absolute atomic E-state index is 0.650. The normalized spacial score (nSPS) is 36.5. The number of nitrogens with one attached hydrogen (secondary N) is 1.